The monoisotopic (exact) mass is 300 g/mol. The molecule has 1 rings (SSSR count). The number of aliphatic hydroxyl groups excluding tert-OH is 1. The molecule has 0 heterocycles. The van der Waals surface area contributed by atoms with Crippen LogP contribution < -0.4 is 4.72 Å². The molecule has 0 radical (unpaired) electrons. The Morgan fingerprint density at radius 1 is 1.25 bits per heavy atom. The van der Waals surface area contributed by atoms with E-state index < -0.39 is 10.0 Å². The number of hydrogen-bond acceptors (Lipinski definition) is 4. The minimum absolute atomic E-state index is 0.105. The first kappa shape index (κ1) is 16.6. The van der Waals surface area contributed by atoms with E-state index in [1.807, 2.05) is 6.92 Å². The number of hydrogen-bond donors (Lipinski definition) is 2. The number of aliphatic hydroxyl groups is 1. The number of sulfonamides is 1. The Balaban J connectivity index is 2.94. The quantitative estimate of drug-likeness (QED) is 0.765. The summed E-state index contributed by atoms with van der Waals surface area (Å²) in [6.45, 7) is 4.46. The molecule has 0 spiro atoms. The Bertz CT molecular complexity index is 540. The standard InChI is InChI=1S/C13H20N2O4S/c1-3-14-20(18,19)12-7-5-11(6-8-12)13(17)15(4-2)9-10-16/h5-8,14,16H,3-4,9-10H2,1-2H3. The molecular weight excluding hydrogens is 280 g/mol. The fourth-order valence-corrected chi connectivity index (χ4v) is 2.80. The van der Waals surface area contributed by atoms with Gasteiger partial charge in [-0.3, -0.25) is 4.79 Å². The van der Waals surface area contributed by atoms with Gasteiger partial charge in [-0.1, -0.05) is 6.92 Å². The fraction of sp³-hybridized carbons (Fsp3) is 0.462. The zero-order valence-electron chi connectivity index (χ0n) is 11.7. The highest BCUT2D eigenvalue weighted by Crippen LogP contribution is 2.12. The predicted molar refractivity (Wildman–Crippen MR) is 76.0 cm³/mol. The molecule has 6 nitrogen and oxygen atoms in total. The summed E-state index contributed by atoms with van der Waals surface area (Å²) in [4.78, 5) is 13.7. The molecule has 0 unspecified atom stereocenters. The summed E-state index contributed by atoms with van der Waals surface area (Å²) >= 11 is 0. The molecule has 1 amide bonds. The third kappa shape index (κ3) is 4.03. The lowest BCUT2D eigenvalue weighted by molar-refractivity contribution is 0.0732. The molecular formula is C13H20N2O4S. The molecule has 1 aromatic carbocycles. The summed E-state index contributed by atoms with van der Waals surface area (Å²) in [5.74, 6) is -0.228. The van der Waals surface area contributed by atoms with E-state index in [4.69, 9.17) is 5.11 Å². The van der Waals surface area contributed by atoms with Crippen molar-refractivity contribution in [1.82, 2.24) is 9.62 Å². The van der Waals surface area contributed by atoms with Crippen LogP contribution in [0.25, 0.3) is 0 Å². The van der Waals surface area contributed by atoms with Gasteiger partial charge in [-0.2, -0.15) is 0 Å². The van der Waals surface area contributed by atoms with Crippen molar-refractivity contribution in [1.29, 1.82) is 0 Å². The van der Waals surface area contributed by atoms with E-state index in [-0.39, 0.29) is 24.0 Å². The van der Waals surface area contributed by atoms with Gasteiger partial charge in [-0.05, 0) is 31.2 Å². The zero-order valence-corrected chi connectivity index (χ0v) is 12.5. The molecule has 0 saturated carbocycles. The van der Waals surface area contributed by atoms with E-state index in [9.17, 15) is 13.2 Å². The van der Waals surface area contributed by atoms with Crippen molar-refractivity contribution in [3.05, 3.63) is 29.8 Å². The number of likely N-dealkylation sites (N-methyl/N-ethyl adjacent to an activating group) is 1. The van der Waals surface area contributed by atoms with Crippen molar-refractivity contribution >= 4 is 15.9 Å². The molecule has 0 aromatic heterocycles. The maximum absolute atomic E-state index is 12.1. The van der Waals surface area contributed by atoms with Crippen molar-refractivity contribution in [2.45, 2.75) is 18.7 Å². The highest BCUT2D eigenvalue weighted by atomic mass is 32.2. The molecule has 0 aliphatic rings. The molecule has 1 aromatic rings. The maximum atomic E-state index is 12.1. The van der Waals surface area contributed by atoms with Gasteiger partial charge < -0.3 is 10.0 Å². The van der Waals surface area contributed by atoms with Gasteiger partial charge in [0.2, 0.25) is 10.0 Å². The van der Waals surface area contributed by atoms with Crippen LogP contribution in [0.3, 0.4) is 0 Å². The van der Waals surface area contributed by atoms with Crippen molar-refractivity contribution in [2.75, 3.05) is 26.2 Å². The minimum atomic E-state index is -3.50. The Kier molecular flexibility index (Phi) is 6.12. The van der Waals surface area contributed by atoms with Gasteiger partial charge >= 0.3 is 0 Å². The summed E-state index contributed by atoms with van der Waals surface area (Å²) in [5.41, 5.74) is 0.399. The van der Waals surface area contributed by atoms with Crippen LogP contribution in [0.4, 0.5) is 0 Å². The molecule has 112 valence electrons. The number of carbonyl (C=O) groups excluding carboxylic acids is 1. The topological polar surface area (TPSA) is 86.7 Å². The number of rotatable bonds is 7. The second kappa shape index (κ2) is 7.37. The maximum Gasteiger partial charge on any atom is 0.253 e. The third-order valence-corrected chi connectivity index (χ3v) is 4.35. The SMILES string of the molecule is CCNS(=O)(=O)c1ccc(C(=O)N(CC)CCO)cc1. The van der Waals surface area contributed by atoms with E-state index in [0.717, 1.165) is 0 Å². The van der Waals surface area contributed by atoms with Gasteiger partial charge in [-0.25, -0.2) is 13.1 Å². The second-order valence-electron chi connectivity index (χ2n) is 4.13. The van der Waals surface area contributed by atoms with Crippen LogP contribution in [0.2, 0.25) is 0 Å². The predicted octanol–water partition coefficient (Wildman–Crippen LogP) is 0.439. The lowest BCUT2D eigenvalue weighted by Gasteiger charge is -2.19. The summed E-state index contributed by atoms with van der Waals surface area (Å²) in [6, 6.07) is 5.76. The van der Waals surface area contributed by atoms with Crippen molar-refractivity contribution in [3.8, 4) is 0 Å². The van der Waals surface area contributed by atoms with Crippen LogP contribution in [0, 0.1) is 0 Å². The molecule has 0 aliphatic carbocycles. The number of carbonyl (C=O) groups is 1. The van der Waals surface area contributed by atoms with Gasteiger partial charge in [0.05, 0.1) is 11.5 Å². The molecule has 0 saturated heterocycles. The van der Waals surface area contributed by atoms with Gasteiger partial charge in [-0.15, -0.1) is 0 Å². The summed E-state index contributed by atoms with van der Waals surface area (Å²) in [5, 5.41) is 8.89. The second-order valence-corrected chi connectivity index (χ2v) is 5.90. The zero-order chi connectivity index (χ0) is 15.2. The Labute approximate surface area is 119 Å². The van der Waals surface area contributed by atoms with Crippen LogP contribution in [0.5, 0.6) is 0 Å². The van der Waals surface area contributed by atoms with Crippen LogP contribution in [0.1, 0.15) is 24.2 Å². The van der Waals surface area contributed by atoms with Crippen LogP contribution in [-0.4, -0.2) is 50.6 Å². The van der Waals surface area contributed by atoms with E-state index >= 15 is 0 Å². The van der Waals surface area contributed by atoms with Crippen LogP contribution in [-0.2, 0) is 10.0 Å². The lowest BCUT2D eigenvalue weighted by Crippen LogP contribution is -2.33. The van der Waals surface area contributed by atoms with E-state index in [1.165, 1.54) is 29.2 Å². The van der Waals surface area contributed by atoms with Crippen LogP contribution in [0.15, 0.2) is 29.2 Å². The van der Waals surface area contributed by atoms with Gasteiger partial charge in [0.1, 0.15) is 0 Å². The van der Waals surface area contributed by atoms with Crippen molar-refractivity contribution in [2.24, 2.45) is 0 Å². The van der Waals surface area contributed by atoms with Gasteiger partial charge in [0.25, 0.3) is 5.91 Å². The molecule has 0 atom stereocenters. The van der Waals surface area contributed by atoms with Crippen molar-refractivity contribution in [3.63, 3.8) is 0 Å². The summed E-state index contributed by atoms with van der Waals surface area (Å²) in [7, 11) is -3.50. The largest absolute Gasteiger partial charge is 0.395 e. The molecule has 7 heteroatoms. The Hall–Kier alpha value is -1.44. The van der Waals surface area contributed by atoms with Gasteiger partial charge in [0, 0.05) is 25.2 Å². The number of amides is 1. The van der Waals surface area contributed by atoms with E-state index in [0.29, 0.717) is 18.7 Å². The average Bonchev–Trinajstić information content (AvgIpc) is 2.44. The third-order valence-electron chi connectivity index (χ3n) is 2.78. The molecule has 0 bridgehead atoms. The number of benzene rings is 1. The minimum Gasteiger partial charge on any atom is -0.395 e. The van der Waals surface area contributed by atoms with E-state index in [1.54, 1.807) is 6.92 Å². The van der Waals surface area contributed by atoms with Gasteiger partial charge in [0.15, 0.2) is 0 Å². The Morgan fingerprint density at radius 3 is 2.30 bits per heavy atom. The smallest absolute Gasteiger partial charge is 0.253 e. The Morgan fingerprint density at radius 2 is 1.85 bits per heavy atom. The molecule has 0 aliphatic heterocycles. The molecule has 2 N–H and O–H groups in total. The van der Waals surface area contributed by atoms with E-state index in [2.05, 4.69) is 4.72 Å². The average molecular weight is 300 g/mol. The lowest BCUT2D eigenvalue weighted by atomic mass is 10.2. The summed E-state index contributed by atoms with van der Waals surface area (Å²) in [6.07, 6.45) is 0. The first-order chi connectivity index (χ1) is 9.46. The molecule has 20 heavy (non-hydrogen) atoms. The first-order valence-electron chi connectivity index (χ1n) is 6.46. The fourth-order valence-electron chi connectivity index (χ4n) is 1.76. The number of nitrogens with one attached hydrogen (secondary N) is 1. The van der Waals surface area contributed by atoms with Crippen molar-refractivity contribution < 1.29 is 18.3 Å². The number of nitrogens with zero attached hydrogens (tertiary/aromatic N) is 1. The summed E-state index contributed by atoms with van der Waals surface area (Å²) < 4.78 is 25.9. The highest BCUT2D eigenvalue weighted by Gasteiger charge is 2.16. The highest BCUT2D eigenvalue weighted by molar-refractivity contribution is 7.89. The first-order valence-corrected chi connectivity index (χ1v) is 7.94. The normalized spacial score (nSPS) is 11.3. The van der Waals surface area contributed by atoms with Crippen LogP contribution >= 0.6 is 0 Å². The molecule has 0 fully saturated rings.